The number of methoxy groups -OCH3 is 2. The van der Waals surface area contributed by atoms with Gasteiger partial charge < -0.3 is 9.47 Å². The van der Waals surface area contributed by atoms with Gasteiger partial charge in [-0.2, -0.15) is 0 Å². The summed E-state index contributed by atoms with van der Waals surface area (Å²) < 4.78 is 10.4. The van der Waals surface area contributed by atoms with Crippen molar-refractivity contribution in [1.29, 1.82) is 0 Å². The summed E-state index contributed by atoms with van der Waals surface area (Å²) in [6, 6.07) is 3.54. The maximum Gasteiger partial charge on any atom is 0.164 e. The molecule has 0 spiro atoms. The lowest BCUT2D eigenvalue weighted by Gasteiger charge is -2.14. The van der Waals surface area contributed by atoms with E-state index in [2.05, 4.69) is 0 Å². The van der Waals surface area contributed by atoms with E-state index in [1.807, 2.05) is 6.92 Å². The summed E-state index contributed by atoms with van der Waals surface area (Å²) in [4.78, 5) is 11.4. The zero-order valence-corrected chi connectivity index (χ0v) is 9.59. The third kappa shape index (κ3) is 2.12. The molecule has 0 aliphatic carbocycles. The molecule has 0 fully saturated rings. The zero-order valence-electron chi connectivity index (χ0n) is 9.59. The molecule has 0 aromatic heterocycles. The van der Waals surface area contributed by atoms with E-state index in [0.29, 0.717) is 17.1 Å². The second kappa shape index (κ2) is 4.82. The fraction of sp³-hybridized carbons (Fsp3) is 0.417. The van der Waals surface area contributed by atoms with Crippen LogP contribution in [-0.4, -0.2) is 20.0 Å². The van der Waals surface area contributed by atoms with Crippen LogP contribution >= 0.6 is 0 Å². The van der Waals surface area contributed by atoms with Crippen LogP contribution in [0.5, 0.6) is 11.5 Å². The quantitative estimate of drug-likeness (QED) is 0.713. The molecule has 82 valence electrons. The van der Waals surface area contributed by atoms with Crippen molar-refractivity contribution in [2.75, 3.05) is 14.2 Å². The lowest BCUT2D eigenvalue weighted by atomic mass is 10.0. The van der Waals surface area contributed by atoms with E-state index >= 15 is 0 Å². The monoisotopic (exact) mass is 208 g/mol. The van der Waals surface area contributed by atoms with Crippen LogP contribution in [0.1, 0.15) is 29.8 Å². The van der Waals surface area contributed by atoms with Crippen molar-refractivity contribution < 1.29 is 14.3 Å². The summed E-state index contributed by atoms with van der Waals surface area (Å²) in [7, 11) is 3.17. The SMILES string of the molecule is CCc1c(C(C)=O)ccc(OC)c1OC. The van der Waals surface area contributed by atoms with Crippen molar-refractivity contribution in [2.45, 2.75) is 20.3 Å². The molecule has 1 aromatic carbocycles. The predicted octanol–water partition coefficient (Wildman–Crippen LogP) is 2.47. The first kappa shape index (κ1) is 11.6. The van der Waals surface area contributed by atoms with Crippen molar-refractivity contribution in [3.05, 3.63) is 23.3 Å². The van der Waals surface area contributed by atoms with Gasteiger partial charge in [0.1, 0.15) is 0 Å². The molecule has 0 aliphatic heterocycles. The highest BCUT2D eigenvalue weighted by atomic mass is 16.5. The van der Waals surface area contributed by atoms with Gasteiger partial charge in [-0.25, -0.2) is 0 Å². The topological polar surface area (TPSA) is 35.5 Å². The Morgan fingerprint density at radius 2 is 1.93 bits per heavy atom. The first-order valence-corrected chi connectivity index (χ1v) is 4.90. The summed E-state index contributed by atoms with van der Waals surface area (Å²) in [5, 5.41) is 0. The number of hydrogen-bond donors (Lipinski definition) is 0. The summed E-state index contributed by atoms with van der Waals surface area (Å²) in [6.07, 6.45) is 0.745. The maximum atomic E-state index is 11.4. The van der Waals surface area contributed by atoms with Crippen LogP contribution in [0, 0.1) is 0 Å². The van der Waals surface area contributed by atoms with Gasteiger partial charge in [-0.15, -0.1) is 0 Å². The largest absolute Gasteiger partial charge is 0.493 e. The number of ether oxygens (including phenoxy) is 2. The minimum Gasteiger partial charge on any atom is -0.493 e. The lowest BCUT2D eigenvalue weighted by molar-refractivity contribution is 0.101. The molecule has 0 amide bonds. The Hall–Kier alpha value is -1.51. The van der Waals surface area contributed by atoms with Gasteiger partial charge in [0.15, 0.2) is 17.3 Å². The molecule has 0 radical (unpaired) electrons. The van der Waals surface area contributed by atoms with Gasteiger partial charge in [0.25, 0.3) is 0 Å². The molecule has 0 unspecified atom stereocenters. The number of benzene rings is 1. The highest BCUT2D eigenvalue weighted by Crippen LogP contribution is 2.33. The lowest BCUT2D eigenvalue weighted by Crippen LogP contribution is -2.03. The van der Waals surface area contributed by atoms with Gasteiger partial charge in [0.05, 0.1) is 14.2 Å². The Morgan fingerprint density at radius 1 is 1.27 bits per heavy atom. The number of carbonyl (C=O) groups excluding carboxylic acids is 1. The second-order valence-electron chi connectivity index (χ2n) is 3.24. The molecule has 0 saturated carbocycles. The first-order valence-electron chi connectivity index (χ1n) is 4.90. The number of Topliss-reactive ketones (excluding diaryl/α,β-unsaturated/α-hetero) is 1. The molecule has 0 bridgehead atoms. The first-order chi connectivity index (χ1) is 7.15. The fourth-order valence-electron chi connectivity index (χ4n) is 1.67. The standard InChI is InChI=1S/C12H16O3/c1-5-9-10(8(2)13)6-7-11(14-3)12(9)15-4/h6-7H,5H2,1-4H3. The van der Waals surface area contributed by atoms with E-state index in [0.717, 1.165) is 12.0 Å². The van der Waals surface area contributed by atoms with Gasteiger partial charge in [0, 0.05) is 11.1 Å². The number of carbonyl (C=O) groups is 1. The Balaban J connectivity index is 3.40. The molecule has 1 aromatic rings. The molecular weight excluding hydrogens is 192 g/mol. The van der Waals surface area contributed by atoms with Crippen LogP contribution in [0.15, 0.2) is 12.1 Å². The molecule has 3 nitrogen and oxygen atoms in total. The Morgan fingerprint density at radius 3 is 2.33 bits per heavy atom. The van der Waals surface area contributed by atoms with Gasteiger partial charge in [0.2, 0.25) is 0 Å². The molecule has 0 N–H and O–H groups in total. The van der Waals surface area contributed by atoms with Crippen LogP contribution in [0.3, 0.4) is 0 Å². The van der Waals surface area contributed by atoms with Gasteiger partial charge in [-0.1, -0.05) is 6.92 Å². The number of ketones is 1. The van der Waals surface area contributed by atoms with Crippen molar-refractivity contribution in [2.24, 2.45) is 0 Å². The minimum absolute atomic E-state index is 0.0489. The average Bonchev–Trinajstić information content (AvgIpc) is 2.26. The highest BCUT2D eigenvalue weighted by molar-refractivity contribution is 5.96. The van der Waals surface area contributed by atoms with Crippen LogP contribution in [0.4, 0.5) is 0 Å². The number of hydrogen-bond acceptors (Lipinski definition) is 3. The van der Waals surface area contributed by atoms with E-state index in [4.69, 9.17) is 9.47 Å². The zero-order chi connectivity index (χ0) is 11.4. The molecule has 0 heterocycles. The smallest absolute Gasteiger partial charge is 0.164 e. The average molecular weight is 208 g/mol. The van der Waals surface area contributed by atoms with E-state index in [1.54, 1.807) is 33.3 Å². The van der Waals surface area contributed by atoms with Crippen molar-refractivity contribution in [3.8, 4) is 11.5 Å². The second-order valence-corrected chi connectivity index (χ2v) is 3.24. The molecule has 15 heavy (non-hydrogen) atoms. The molecule has 0 saturated heterocycles. The summed E-state index contributed by atoms with van der Waals surface area (Å²) in [5.41, 5.74) is 1.61. The maximum absolute atomic E-state index is 11.4. The summed E-state index contributed by atoms with van der Waals surface area (Å²) >= 11 is 0. The Labute approximate surface area is 90.0 Å². The van der Waals surface area contributed by atoms with Crippen molar-refractivity contribution in [3.63, 3.8) is 0 Å². The van der Waals surface area contributed by atoms with Crippen LogP contribution in [-0.2, 0) is 6.42 Å². The van der Waals surface area contributed by atoms with Crippen molar-refractivity contribution in [1.82, 2.24) is 0 Å². The Bertz CT molecular complexity index is 369. The van der Waals surface area contributed by atoms with Crippen LogP contribution in [0.25, 0.3) is 0 Å². The van der Waals surface area contributed by atoms with E-state index in [1.165, 1.54) is 0 Å². The summed E-state index contributed by atoms with van der Waals surface area (Å²) in [6.45, 7) is 3.55. The van der Waals surface area contributed by atoms with Gasteiger partial charge in [-0.3, -0.25) is 4.79 Å². The Kier molecular flexibility index (Phi) is 3.72. The normalized spacial score (nSPS) is 9.87. The van der Waals surface area contributed by atoms with Crippen molar-refractivity contribution >= 4 is 5.78 Å². The van der Waals surface area contributed by atoms with Crippen LogP contribution < -0.4 is 9.47 Å². The molecular formula is C12H16O3. The molecule has 1 rings (SSSR count). The molecule has 0 atom stereocenters. The fourth-order valence-corrected chi connectivity index (χ4v) is 1.67. The van der Waals surface area contributed by atoms with E-state index in [-0.39, 0.29) is 5.78 Å². The van der Waals surface area contributed by atoms with Gasteiger partial charge >= 0.3 is 0 Å². The number of rotatable bonds is 4. The highest BCUT2D eigenvalue weighted by Gasteiger charge is 2.15. The molecule has 3 heteroatoms. The minimum atomic E-state index is 0.0489. The van der Waals surface area contributed by atoms with E-state index in [9.17, 15) is 4.79 Å². The summed E-state index contributed by atoms with van der Waals surface area (Å²) in [5.74, 6) is 1.37. The third-order valence-corrected chi connectivity index (χ3v) is 2.38. The molecule has 0 aliphatic rings. The van der Waals surface area contributed by atoms with E-state index < -0.39 is 0 Å². The third-order valence-electron chi connectivity index (χ3n) is 2.38. The predicted molar refractivity (Wildman–Crippen MR) is 58.9 cm³/mol. The van der Waals surface area contributed by atoms with Crippen LogP contribution in [0.2, 0.25) is 0 Å². The van der Waals surface area contributed by atoms with Gasteiger partial charge in [-0.05, 0) is 25.5 Å².